The van der Waals surface area contributed by atoms with Crippen molar-refractivity contribution in [2.75, 3.05) is 33.9 Å². The molecule has 0 heterocycles. The molecule has 1 atom stereocenters. The van der Waals surface area contributed by atoms with Crippen LogP contribution in [0.25, 0.3) is 0 Å². The zero-order valence-corrected chi connectivity index (χ0v) is 10.8. The number of carbonyl (C=O) groups excluding carboxylic acids is 1. The third kappa shape index (κ3) is 6.05. The van der Waals surface area contributed by atoms with Crippen molar-refractivity contribution in [1.29, 1.82) is 0 Å². The van der Waals surface area contributed by atoms with E-state index in [9.17, 15) is 4.79 Å². The summed E-state index contributed by atoms with van der Waals surface area (Å²) in [7, 11) is 3.45. The Kier molecular flexibility index (Phi) is 8.15. The minimum atomic E-state index is -0.294. The van der Waals surface area contributed by atoms with Crippen molar-refractivity contribution in [1.82, 2.24) is 10.2 Å². The Morgan fingerprint density at radius 1 is 1.44 bits per heavy atom. The van der Waals surface area contributed by atoms with Gasteiger partial charge in [0.15, 0.2) is 0 Å². The topological polar surface area (TPSA) is 67.6 Å². The SMILES string of the molecule is CNC(CCN(CCOC)C(C)C)C(N)=O. The molecular weight excluding hydrogens is 206 g/mol. The number of nitrogens with one attached hydrogen (secondary N) is 1. The summed E-state index contributed by atoms with van der Waals surface area (Å²) in [5.41, 5.74) is 5.27. The van der Waals surface area contributed by atoms with Crippen molar-refractivity contribution in [2.45, 2.75) is 32.4 Å². The van der Waals surface area contributed by atoms with Gasteiger partial charge in [0, 0.05) is 26.2 Å². The van der Waals surface area contributed by atoms with Gasteiger partial charge in [-0.25, -0.2) is 0 Å². The fourth-order valence-electron chi connectivity index (χ4n) is 1.56. The van der Waals surface area contributed by atoms with Crippen molar-refractivity contribution >= 4 is 5.91 Å². The van der Waals surface area contributed by atoms with E-state index in [1.807, 2.05) is 0 Å². The molecule has 1 unspecified atom stereocenters. The average molecular weight is 231 g/mol. The molecule has 5 heteroatoms. The number of nitrogens with zero attached hydrogens (tertiary/aromatic N) is 1. The normalized spacial score (nSPS) is 13.4. The maximum Gasteiger partial charge on any atom is 0.234 e. The second kappa shape index (κ2) is 8.50. The van der Waals surface area contributed by atoms with Crippen LogP contribution in [0.2, 0.25) is 0 Å². The van der Waals surface area contributed by atoms with Crippen LogP contribution in [0.4, 0.5) is 0 Å². The third-order valence-corrected chi connectivity index (χ3v) is 2.71. The van der Waals surface area contributed by atoms with E-state index in [2.05, 4.69) is 24.1 Å². The number of rotatable bonds is 9. The molecule has 0 radical (unpaired) electrons. The number of amides is 1. The molecule has 0 rings (SSSR count). The summed E-state index contributed by atoms with van der Waals surface area (Å²) in [6.07, 6.45) is 0.730. The van der Waals surface area contributed by atoms with Crippen LogP contribution in [0, 0.1) is 0 Å². The minimum Gasteiger partial charge on any atom is -0.383 e. The highest BCUT2D eigenvalue weighted by Crippen LogP contribution is 2.01. The fourth-order valence-corrected chi connectivity index (χ4v) is 1.56. The Hall–Kier alpha value is -0.650. The van der Waals surface area contributed by atoms with Gasteiger partial charge in [0.25, 0.3) is 0 Å². The third-order valence-electron chi connectivity index (χ3n) is 2.71. The molecule has 0 fully saturated rings. The van der Waals surface area contributed by atoms with Crippen molar-refractivity contribution < 1.29 is 9.53 Å². The number of nitrogens with two attached hydrogens (primary N) is 1. The molecule has 1 amide bonds. The van der Waals surface area contributed by atoms with Crippen LogP contribution >= 0.6 is 0 Å². The van der Waals surface area contributed by atoms with Crippen molar-refractivity contribution in [3.63, 3.8) is 0 Å². The fraction of sp³-hybridized carbons (Fsp3) is 0.909. The number of primary amides is 1. The zero-order chi connectivity index (χ0) is 12.6. The van der Waals surface area contributed by atoms with Crippen LogP contribution in [0.15, 0.2) is 0 Å². The van der Waals surface area contributed by atoms with Crippen LogP contribution in [0.3, 0.4) is 0 Å². The molecule has 0 aliphatic heterocycles. The predicted molar refractivity (Wildman–Crippen MR) is 65.2 cm³/mol. The first-order valence-electron chi connectivity index (χ1n) is 5.72. The molecule has 0 bridgehead atoms. The van der Waals surface area contributed by atoms with E-state index >= 15 is 0 Å². The van der Waals surface area contributed by atoms with Crippen LogP contribution < -0.4 is 11.1 Å². The van der Waals surface area contributed by atoms with E-state index in [0.717, 1.165) is 19.5 Å². The summed E-state index contributed by atoms with van der Waals surface area (Å²) < 4.78 is 5.05. The van der Waals surface area contributed by atoms with E-state index in [1.54, 1.807) is 14.2 Å². The molecule has 0 saturated carbocycles. The van der Waals surface area contributed by atoms with Gasteiger partial charge in [-0.2, -0.15) is 0 Å². The maximum absolute atomic E-state index is 11.0. The summed E-state index contributed by atoms with van der Waals surface area (Å²) in [6, 6.07) is 0.198. The predicted octanol–water partition coefficient (Wildman–Crippen LogP) is -0.193. The largest absolute Gasteiger partial charge is 0.383 e. The first-order valence-corrected chi connectivity index (χ1v) is 5.72. The summed E-state index contributed by atoms with van der Waals surface area (Å²) >= 11 is 0. The van der Waals surface area contributed by atoms with E-state index < -0.39 is 0 Å². The highest BCUT2D eigenvalue weighted by atomic mass is 16.5. The van der Waals surface area contributed by atoms with Gasteiger partial charge < -0.3 is 15.8 Å². The average Bonchev–Trinajstić information content (AvgIpc) is 2.22. The van der Waals surface area contributed by atoms with Gasteiger partial charge in [-0.1, -0.05) is 0 Å². The number of hydrogen-bond acceptors (Lipinski definition) is 4. The van der Waals surface area contributed by atoms with Gasteiger partial charge >= 0.3 is 0 Å². The standard InChI is InChI=1S/C11H25N3O2/c1-9(2)14(7-8-16-4)6-5-10(13-3)11(12)15/h9-10,13H,5-8H2,1-4H3,(H2,12,15). The molecule has 16 heavy (non-hydrogen) atoms. The van der Waals surface area contributed by atoms with Gasteiger partial charge in [-0.15, -0.1) is 0 Å². The van der Waals surface area contributed by atoms with Crippen LogP contribution in [-0.2, 0) is 9.53 Å². The van der Waals surface area contributed by atoms with Gasteiger partial charge in [0.05, 0.1) is 12.6 Å². The monoisotopic (exact) mass is 231 g/mol. The van der Waals surface area contributed by atoms with Crippen LogP contribution in [0.5, 0.6) is 0 Å². The van der Waals surface area contributed by atoms with Gasteiger partial charge in [0.1, 0.15) is 0 Å². The van der Waals surface area contributed by atoms with Gasteiger partial charge in [-0.3, -0.25) is 9.69 Å². The second-order valence-corrected chi connectivity index (χ2v) is 4.15. The highest BCUT2D eigenvalue weighted by molar-refractivity contribution is 5.79. The van der Waals surface area contributed by atoms with E-state index in [0.29, 0.717) is 12.6 Å². The lowest BCUT2D eigenvalue weighted by Gasteiger charge is -2.27. The summed E-state index contributed by atoms with van der Waals surface area (Å²) in [5, 5.41) is 2.92. The molecule has 0 aliphatic carbocycles. The first kappa shape index (κ1) is 15.3. The maximum atomic E-state index is 11.0. The molecule has 96 valence electrons. The lowest BCUT2D eigenvalue weighted by Crippen LogP contribution is -2.43. The minimum absolute atomic E-state index is 0.246. The molecular formula is C11H25N3O2. The van der Waals surface area contributed by atoms with Gasteiger partial charge in [-0.05, 0) is 27.3 Å². The first-order chi connectivity index (χ1) is 7.52. The molecule has 0 aromatic carbocycles. The number of ether oxygens (including phenoxy) is 1. The summed E-state index contributed by atoms with van der Waals surface area (Å²) in [5.74, 6) is -0.294. The number of likely N-dealkylation sites (N-methyl/N-ethyl adjacent to an activating group) is 1. The van der Waals surface area contributed by atoms with Crippen LogP contribution in [-0.4, -0.2) is 56.7 Å². The molecule has 3 N–H and O–H groups in total. The highest BCUT2D eigenvalue weighted by Gasteiger charge is 2.16. The van der Waals surface area contributed by atoms with Crippen LogP contribution in [0.1, 0.15) is 20.3 Å². The Morgan fingerprint density at radius 3 is 2.44 bits per heavy atom. The van der Waals surface area contributed by atoms with Crippen molar-refractivity contribution in [3.05, 3.63) is 0 Å². The number of methoxy groups -OCH3 is 1. The quantitative estimate of drug-likeness (QED) is 0.577. The zero-order valence-electron chi connectivity index (χ0n) is 10.8. The number of carbonyl (C=O) groups is 1. The molecule has 0 spiro atoms. The molecule has 0 aromatic rings. The molecule has 0 saturated heterocycles. The van der Waals surface area contributed by atoms with E-state index in [1.165, 1.54) is 0 Å². The summed E-state index contributed by atoms with van der Waals surface area (Å²) in [4.78, 5) is 13.3. The van der Waals surface area contributed by atoms with Crippen molar-refractivity contribution in [2.24, 2.45) is 5.73 Å². The summed E-state index contributed by atoms with van der Waals surface area (Å²) in [6.45, 7) is 6.69. The molecule has 5 nitrogen and oxygen atoms in total. The Balaban J connectivity index is 4.04. The Bertz CT molecular complexity index is 198. The second-order valence-electron chi connectivity index (χ2n) is 4.15. The van der Waals surface area contributed by atoms with Crippen molar-refractivity contribution in [3.8, 4) is 0 Å². The van der Waals surface area contributed by atoms with E-state index in [4.69, 9.17) is 10.5 Å². The lowest BCUT2D eigenvalue weighted by molar-refractivity contribution is -0.120. The molecule has 0 aliphatic rings. The molecule has 0 aromatic heterocycles. The van der Waals surface area contributed by atoms with E-state index in [-0.39, 0.29) is 11.9 Å². The Morgan fingerprint density at radius 2 is 2.06 bits per heavy atom. The number of hydrogen-bond donors (Lipinski definition) is 2. The van der Waals surface area contributed by atoms with Gasteiger partial charge in [0.2, 0.25) is 5.91 Å². The smallest absolute Gasteiger partial charge is 0.234 e. The lowest BCUT2D eigenvalue weighted by atomic mass is 10.1. The Labute approximate surface area is 98.3 Å².